The van der Waals surface area contributed by atoms with E-state index in [1.54, 1.807) is 18.3 Å². The summed E-state index contributed by atoms with van der Waals surface area (Å²) in [4.78, 5) is 26.2. The molecule has 178 valence electrons. The molecule has 1 unspecified atom stereocenters. The van der Waals surface area contributed by atoms with Gasteiger partial charge >= 0.3 is 5.97 Å². The van der Waals surface area contributed by atoms with Crippen LogP contribution in [0.15, 0.2) is 30.6 Å². The van der Waals surface area contributed by atoms with Gasteiger partial charge in [0.1, 0.15) is 23.3 Å². The molecule has 1 aliphatic carbocycles. The SMILES string of the molecule is CCC(C)(N)c1cnc(OC2(C)CC2)c2cnc(Nc3ccc4c(n3)[C@@H](C)[C@H](C)OC4=O)cc12. The lowest BCUT2D eigenvalue weighted by Crippen LogP contribution is -2.32. The first kappa shape index (κ1) is 22.5. The van der Waals surface area contributed by atoms with Crippen LogP contribution >= 0.6 is 0 Å². The fourth-order valence-corrected chi connectivity index (χ4v) is 4.17. The number of nitrogens with zero attached hydrogens (tertiary/aromatic N) is 3. The molecule has 34 heavy (non-hydrogen) atoms. The van der Waals surface area contributed by atoms with Crippen LogP contribution in [0.3, 0.4) is 0 Å². The quantitative estimate of drug-likeness (QED) is 0.496. The molecule has 1 saturated carbocycles. The standard InChI is InChI=1S/C26H31N5O3/c1-6-26(5,27)19-13-29-23(34-25(4)9-10-25)18-12-28-21(11-17(18)19)30-20-8-7-16-22(31-20)14(2)15(3)33-24(16)32/h7-8,11-15H,6,9-10,27H2,1-5H3,(H,28,30,31)/t14-,15-,26?/m0/s1. The maximum Gasteiger partial charge on any atom is 0.340 e. The molecular formula is C26H31N5O3. The van der Waals surface area contributed by atoms with Crippen LogP contribution in [0.1, 0.15) is 81.4 Å². The summed E-state index contributed by atoms with van der Waals surface area (Å²) in [5, 5.41) is 5.08. The molecule has 8 nitrogen and oxygen atoms in total. The summed E-state index contributed by atoms with van der Waals surface area (Å²) in [6.45, 7) is 10.1. The van der Waals surface area contributed by atoms with E-state index in [4.69, 9.17) is 20.2 Å². The lowest BCUT2D eigenvalue weighted by molar-refractivity contribution is 0.0235. The molecule has 3 aromatic rings. The predicted octanol–water partition coefficient (Wildman–Crippen LogP) is 4.95. The zero-order valence-corrected chi connectivity index (χ0v) is 20.3. The summed E-state index contributed by atoms with van der Waals surface area (Å²) in [6, 6.07) is 5.49. The Bertz CT molecular complexity index is 1280. The van der Waals surface area contributed by atoms with Gasteiger partial charge in [0, 0.05) is 23.9 Å². The monoisotopic (exact) mass is 461 g/mol. The molecule has 0 spiro atoms. The third kappa shape index (κ3) is 3.96. The van der Waals surface area contributed by atoms with Gasteiger partial charge in [-0.1, -0.05) is 13.8 Å². The molecule has 0 radical (unpaired) electrons. The van der Waals surface area contributed by atoms with Gasteiger partial charge < -0.3 is 20.5 Å². The average Bonchev–Trinajstić information content (AvgIpc) is 3.54. The van der Waals surface area contributed by atoms with Crippen LogP contribution in [0.5, 0.6) is 5.88 Å². The molecule has 0 saturated heterocycles. The minimum atomic E-state index is -0.554. The summed E-state index contributed by atoms with van der Waals surface area (Å²) in [7, 11) is 0. The maximum atomic E-state index is 12.2. The van der Waals surface area contributed by atoms with Gasteiger partial charge in [-0.25, -0.2) is 19.7 Å². The van der Waals surface area contributed by atoms with Gasteiger partial charge in [0.2, 0.25) is 5.88 Å². The molecule has 0 bridgehead atoms. The zero-order chi connectivity index (χ0) is 24.3. The van der Waals surface area contributed by atoms with Crippen molar-refractivity contribution in [1.29, 1.82) is 0 Å². The van der Waals surface area contributed by atoms with Crippen molar-refractivity contribution in [3.8, 4) is 5.88 Å². The Balaban J connectivity index is 1.55. The number of carbonyl (C=O) groups excluding carboxylic acids is 1. The number of carbonyl (C=O) groups is 1. The van der Waals surface area contributed by atoms with E-state index in [0.717, 1.165) is 41.3 Å². The van der Waals surface area contributed by atoms with E-state index < -0.39 is 5.54 Å². The first-order valence-corrected chi connectivity index (χ1v) is 11.9. The number of cyclic esters (lactones) is 1. The molecule has 2 aliphatic rings. The number of aromatic nitrogens is 3. The molecule has 0 amide bonds. The van der Waals surface area contributed by atoms with Crippen molar-refractivity contribution in [2.24, 2.45) is 5.73 Å². The van der Waals surface area contributed by atoms with Gasteiger partial charge in [0.05, 0.1) is 16.6 Å². The lowest BCUT2D eigenvalue weighted by atomic mass is 9.88. The Morgan fingerprint density at radius 3 is 2.68 bits per heavy atom. The normalized spacial score (nSPS) is 22.5. The van der Waals surface area contributed by atoms with Crippen LogP contribution in [0.25, 0.3) is 10.8 Å². The van der Waals surface area contributed by atoms with Gasteiger partial charge in [-0.05, 0) is 69.2 Å². The topological polar surface area (TPSA) is 112 Å². The lowest BCUT2D eigenvalue weighted by Gasteiger charge is -2.27. The Kier molecular flexibility index (Phi) is 5.24. The van der Waals surface area contributed by atoms with E-state index in [0.29, 0.717) is 23.1 Å². The zero-order valence-electron chi connectivity index (χ0n) is 20.3. The van der Waals surface area contributed by atoms with Gasteiger partial charge in [-0.2, -0.15) is 0 Å². The van der Waals surface area contributed by atoms with Crippen molar-refractivity contribution in [2.45, 2.75) is 77.0 Å². The van der Waals surface area contributed by atoms with Crippen molar-refractivity contribution in [2.75, 3.05) is 5.32 Å². The molecule has 3 atom stereocenters. The Hall–Kier alpha value is -3.26. The highest BCUT2D eigenvalue weighted by Crippen LogP contribution is 2.42. The van der Waals surface area contributed by atoms with Crippen molar-refractivity contribution in [1.82, 2.24) is 15.0 Å². The minimum absolute atomic E-state index is 0.00249. The summed E-state index contributed by atoms with van der Waals surface area (Å²) < 4.78 is 11.6. The smallest absolute Gasteiger partial charge is 0.340 e. The second kappa shape index (κ2) is 7.91. The molecule has 8 heteroatoms. The molecule has 1 aliphatic heterocycles. The van der Waals surface area contributed by atoms with Gasteiger partial charge in [0.25, 0.3) is 0 Å². The van der Waals surface area contributed by atoms with Crippen LogP contribution in [0.2, 0.25) is 0 Å². The van der Waals surface area contributed by atoms with E-state index in [2.05, 4.69) is 29.1 Å². The molecule has 4 heterocycles. The van der Waals surface area contributed by atoms with E-state index in [9.17, 15) is 4.79 Å². The Morgan fingerprint density at radius 2 is 1.97 bits per heavy atom. The largest absolute Gasteiger partial charge is 0.471 e. The number of esters is 1. The van der Waals surface area contributed by atoms with Crippen LogP contribution in [0, 0.1) is 0 Å². The van der Waals surface area contributed by atoms with Gasteiger partial charge in [-0.3, -0.25) is 0 Å². The summed E-state index contributed by atoms with van der Waals surface area (Å²) >= 11 is 0. The number of nitrogens with one attached hydrogen (secondary N) is 1. The van der Waals surface area contributed by atoms with Crippen LogP contribution in [-0.2, 0) is 10.3 Å². The Labute approximate surface area is 199 Å². The number of anilines is 2. The summed E-state index contributed by atoms with van der Waals surface area (Å²) in [5.41, 5.74) is 8.10. The average molecular weight is 462 g/mol. The second-order valence-corrected chi connectivity index (χ2v) is 10.1. The first-order chi connectivity index (χ1) is 16.1. The number of rotatable bonds is 6. The third-order valence-corrected chi connectivity index (χ3v) is 7.21. The van der Waals surface area contributed by atoms with E-state index in [1.165, 1.54) is 0 Å². The highest BCUT2D eigenvalue weighted by molar-refractivity contribution is 5.93. The van der Waals surface area contributed by atoms with Gasteiger partial charge in [0.15, 0.2) is 0 Å². The summed E-state index contributed by atoms with van der Waals surface area (Å²) in [5.74, 6) is 1.49. The molecule has 3 aromatic heterocycles. The van der Waals surface area contributed by atoms with Gasteiger partial charge in [-0.15, -0.1) is 0 Å². The maximum absolute atomic E-state index is 12.2. The highest BCUT2D eigenvalue weighted by Gasteiger charge is 2.41. The Morgan fingerprint density at radius 1 is 1.21 bits per heavy atom. The van der Waals surface area contributed by atoms with Crippen molar-refractivity contribution in [3.63, 3.8) is 0 Å². The number of hydrogen-bond acceptors (Lipinski definition) is 8. The first-order valence-electron chi connectivity index (χ1n) is 11.9. The molecule has 5 rings (SSSR count). The van der Waals surface area contributed by atoms with Crippen molar-refractivity contribution < 1.29 is 14.3 Å². The van der Waals surface area contributed by atoms with Crippen molar-refractivity contribution in [3.05, 3.63) is 47.4 Å². The molecular weight excluding hydrogens is 430 g/mol. The number of fused-ring (bicyclic) bond motifs is 2. The predicted molar refractivity (Wildman–Crippen MR) is 130 cm³/mol. The van der Waals surface area contributed by atoms with Crippen LogP contribution < -0.4 is 15.8 Å². The molecule has 3 N–H and O–H groups in total. The van der Waals surface area contributed by atoms with E-state index in [-0.39, 0.29) is 23.6 Å². The molecule has 1 fully saturated rings. The van der Waals surface area contributed by atoms with Crippen LogP contribution in [-0.4, -0.2) is 32.6 Å². The second-order valence-electron chi connectivity index (χ2n) is 10.1. The molecule has 0 aromatic carbocycles. The third-order valence-electron chi connectivity index (χ3n) is 7.21. The fraction of sp³-hybridized carbons (Fsp3) is 0.462. The van der Waals surface area contributed by atoms with Crippen molar-refractivity contribution >= 4 is 28.4 Å². The number of ether oxygens (including phenoxy) is 2. The number of pyridine rings is 3. The summed E-state index contributed by atoms with van der Waals surface area (Å²) in [6.07, 6.45) is 6.17. The number of nitrogens with two attached hydrogens (primary N) is 1. The van der Waals surface area contributed by atoms with E-state index in [1.807, 2.05) is 33.0 Å². The minimum Gasteiger partial charge on any atom is -0.471 e. The van der Waals surface area contributed by atoms with Crippen LogP contribution in [0.4, 0.5) is 11.6 Å². The number of hydrogen-bond donors (Lipinski definition) is 2. The highest BCUT2D eigenvalue weighted by atomic mass is 16.5. The fourth-order valence-electron chi connectivity index (χ4n) is 4.17. The van der Waals surface area contributed by atoms with E-state index >= 15 is 0 Å².